The van der Waals surface area contributed by atoms with Crippen LogP contribution in [0.2, 0.25) is 0 Å². The fraction of sp³-hybridized carbons (Fsp3) is 1.00. The van der Waals surface area contributed by atoms with Crippen LogP contribution in [0.4, 0.5) is 0 Å². The Bertz CT molecular complexity index is 301. The predicted molar refractivity (Wildman–Crippen MR) is 53.8 cm³/mol. The Hall–Kier alpha value is -0.130. The zero-order valence-corrected chi connectivity index (χ0v) is 9.22. The standard InChI is InChI=1S/C9H17NO3S/c1-7-6-10-9(13-7)5-8-3-2-4-14(8,11)12/h7-10H,2-6H2,1H3. The summed E-state index contributed by atoms with van der Waals surface area (Å²) in [5, 5.41) is 3.01. The van der Waals surface area contributed by atoms with Gasteiger partial charge in [-0.15, -0.1) is 0 Å². The molecule has 0 spiro atoms. The van der Waals surface area contributed by atoms with Crippen LogP contribution in [0.5, 0.6) is 0 Å². The molecule has 3 atom stereocenters. The van der Waals surface area contributed by atoms with Gasteiger partial charge in [0.2, 0.25) is 0 Å². The highest BCUT2D eigenvalue weighted by Crippen LogP contribution is 2.25. The summed E-state index contributed by atoms with van der Waals surface area (Å²) in [4.78, 5) is 0. The molecule has 2 aliphatic heterocycles. The van der Waals surface area contributed by atoms with E-state index in [9.17, 15) is 8.42 Å². The average Bonchev–Trinajstić information content (AvgIpc) is 2.61. The van der Waals surface area contributed by atoms with E-state index in [0.717, 1.165) is 19.4 Å². The van der Waals surface area contributed by atoms with E-state index in [1.807, 2.05) is 6.92 Å². The van der Waals surface area contributed by atoms with Gasteiger partial charge in [0.05, 0.1) is 17.1 Å². The topological polar surface area (TPSA) is 55.4 Å². The van der Waals surface area contributed by atoms with Gasteiger partial charge in [0, 0.05) is 13.0 Å². The zero-order chi connectivity index (χ0) is 10.2. The summed E-state index contributed by atoms with van der Waals surface area (Å²) in [5.41, 5.74) is 0. The van der Waals surface area contributed by atoms with E-state index in [-0.39, 0.29) is 17.6 Å². The van der Waals surface area contributed by atoms with Crippen LogP contribution in [0.15, 0.2) is 0 Å². The van der Waals surface area contributed by atoms with Gasteiger partial charge in [-0.1, -0.05) is 0 Å². The third-order valence-electron chi connectivity index (χ3n) is 2.97. The van der Waals surface area contributed by atoms with Gasteiger partial charge in [-0.25, -0.2) is 8.42 Å². The molecular formula is C9H17NO3S. The molecule has 2 heterocycles. The molecule has 14 heavy (non-hydrogen) atoms. The number of nitrogens with one attached hydrogen (secondary N) is 1. The van der Waals surface area contributed by atoms with E-state index >= 15 is 0 Å². The van der Waals surface area contributed by atoms with E-state index in [2.05, 4.69) is 5.32 Å². The van der Waals surface area contributed by atoms with Crippen molar-refractivity contribution in [2.75, 3.05) is 12.3 Å². The third kappa shape index (κ3) is 2.10. The molecule has 0 aromatic heterocycles. The van der Waals surface area contributed by atoms with E-state index in [1.165, 1.54) is 0 Å². The summed E-state index contributed by atoms with van der Waals surface area (Å²) < 4.78 is 28.6. The summed E-state index contributed by atoms with van der Waals surface area (Å²) in [6, 6.07) is 0. The normalized spacial score (nSPS) is 41.6. The molecule has 5 heteroatoms. The largest absolute Gasteiger partial charge is 0.359 e. The van der Waals surface area contributed by atoms with Crippen LogP contribution < -0.4 is 5.32 Å². The molecule has 82 valence electrons. The van der Waals surface area contributed by atoms with Gasteiger partial charge in [0.1, 0.15) is 6.23 Å². The second-order valence-electron chi connectivity index (χ2n) is 4.21. The molecule has 2 fully saturated rings. The first-order valence-corrected chi connectivity index (χ1v) is 6.90. The van der Waals surface area contributed by atoms with Gasteiger partial charge in [-0.2, -0.15) is 0 Å². The third-order valence-corrected chi connectivity index (χ3v) is 5.27. The van der Waals surface area contributed by atoms with Crippen molar-refractivity contribution in [1.29, 1.82) is 0 Å². The Kier molecular flexibility index (Phi) is 2.81. The van der Waals surface area contributed by atoms with Gasteiger partial charge in [-0.05, 0) is 19.8 Å². The van der Waals surface area contributed by atoms with E-state index in [4.69, 9.17) is 4.74 Å². The van der Waals surface area contributed by atoms with Crippen molar-refractivity contribution in [3.8, 4) is 0 Å². The molecule has 1 N–H and O–H groups in total. The molecule has 3 unspecified atom stereocenters. The Morgan fingerprint density at radius 1 is 1.50 bits per heavy atom. The SMILES string of the molecule is CC1CNC(CC2CCCS2(=O)=O)O1. The van der Waals surface area contributed by atoms with Crippen molar-refractivity contribution in [3.05, 3.63) is 0 Å². The van der Waals surface area contributed by atoms with Crippen molar-refractivity contribution >= 4 is 9.84 Å². The molecule has 0 saturated carbocycles. The number of rotatable bonds is 2. The van der Waals surface area contributed by atoms with E-state index in [0.29, 0.717) is 12.2 Å². The second kappa shape index (κ2) is 3.79. The summed E-state index contributed by atoms with van der Waals surface area (Å²) in [5.74, 6) is 0.361. The number of hydrogen-bond donors (Lipinski definition) is 1. The smallest absolute Gasteiger partial charge is 0.153 e. The zero-order valence-electron chi connectivity index (χ0n) is 8.40. The van der Waals surface area contributed by atoms with Gasteiger partial charge >= 0.3 is 0 Å². The summed E-state index contributed by atoms with van der Waals surface area (Å²) >= 11 is 0. The minimum atomic E-state index is -2.81. The maximum absolute atomic E-state index is 11.5. The first-order valence-electron chi connectivity index (χ1n) is 5.18. The molecule has 0 amide bonds. The molecule has 4 nitrogen and oxygen atoms in total. The predicted octanol–water partition coefficient (Wildman–Crippen LogP) is 0.288. The molecule has 2 saturated heterocycles. The van der Waals surface area contributed by atoms with Gasteiger partial charge < -0.3 is 4.74 Å². The van der Waals surface area contributed by atoms with Crippen LogP contribution in [-0.2, 0) is 14.6 Å². The van der Waals surface area contributed by atoms with Crippen molar-refractivity contribution in [1.82, 2.24) is 5.32 Å². The van der Waals surface area contributed by atoms with Crippen molar-refractivity contribution < 1.29 is 13.2 Å². The molecule has 0 aromatic rings. The fourth-order valence-corrected chi connectivity index (χ4v) is 4.07. The fourth-order valence-electron chi connectivity index (χ4n) is 2.17. The first-order chi connectivity index (χ1) is 6.58. The van der Waals surface area contributed by atoms with Crippen molar-refractivity contribution in [2.45, 2.75) is 43.8 Å². The maximum Gasteiger partial charge on any atom is 0.153 e. The molecular weight excluding hydrogens is 202 g/mol. The van der Waals surface area contributed by atoms with Crippen LogP contribution >= 0.6 is 0 Å². The number of ether oxygens (including phenoxy) is 1. The minimum absolute atomic E-state index is 0.0529. The Morgan fingerprint density at radius 3 is 2.79 bits per heavy atom. The van der Waals surface area contributed by atoms with Crippen LogP contribution in [0, 0.1) is 0 Å². The molecule has 2 rings (SSSR count). The van der Waals surface area contributed by atoms with Crippen molar-refractivity contribution in [3.63, 3.8) is 0 Å². The lowest BCUT2D eigenvalue weighted by Crippen LogP contribution is -2.30. The number of hydrogen-bond acceptors (Lipinski definition) is 4. The average molecular weight is 219 g/mol. The highest BCUT2D eigenvalue weighted by Gasteiger charge is 2.35. The summed E-state index contributed by atoms with van der Waals surface area (Å²) in [7, 11) is -2.81. The lowest BCUT2D eigenvalue weighted by atomic mass is 10.2. The molecule has 0 radical (unpaired) electrons. The van der Waals surface area contributed by atoms with Crippen LogP contribution in [0.1, 0.15) is 26.2 Å². The molecule has 0 bridgehead atoms. The lowest BCUT2D eigenvalue weighted by molar-refractivity contribution is 0.0457. The molecule has 0 aliphatic carbocycles. The minimum Gasteiger partial charge on any atom is -0.359 e. The summed E-state index contributed by atoms with van der Waals surface area (Å²) in [6.45, 7) is 2.83. The first kappa shape index (κ1) is 10.4. The van der Waals surface area contributed by atoms with Gasteiger partial charge in [0.15, 0.2) is 9.84 Å². The second-order valence-corrected chi connectivity index (χ2v) is 6.61. The summed E-state index contributed by atoms with van der Waals surface area (Å²) in [6.07, 6.45) is 2.40. The number of sulfone groups is 1. The van der Waals surface area contributed by atoms with Crippen LogP contribution in [0.3, 0.4) is 0 Å². The molecule has 2 aliphatic rings. The van der Waals surface area contributed by atoms with E-state index < -0.39 is 9.84 Å². The maximum atomic E-state index is 11.5. The van der Waals surface area contributed by atoms with Gasteiger partial charge in [-0.3, -0.25) is 5.32 Å². The quantitative estimate of drug-likeness (QED) is 0.725. The Morgan fingerprint density at radius 2 is 2.29 bits per heavy atom. The van der Waals surface area contributed by atoms with Crippen LogP contribution in [-0.4, -0.2) is 38.3 Å². The highest BCUT2D eigenvalue weighted by molar-refractivity contribution is 7.92. The Balaban J connectivity index is 1.92. The van der Waals surface area contributed by atoms with Crippen molar-refractivity contribution in [2.24, 2.45) is 0 Å². The Labute approximate surface area is 84.9 Å². The van der Waals surface area contributed by atoms with Gasteiger partial charge in [0.25, 0.3) is 0 Å². The monoisotopic (exact) mass is 219 g/mol. The highest BCUT2D eigenvalue weighted by atomic mass is 32.2. The lowest BCUT2D eigenvalue weighted by Gasteiger charge is -2.15. The molecule has 0 aromatic carbocycles. The van der Waals surface area contributed by atoms with Crippen LogP contribution in [0.25, 0.3) is 0 Å². The van der Waals surface area contributed by atoms with E-state index in [1.54, 1.807) is 0 Å².